The van der Waals surface area contributed by atoms with Gasteiger partial charge in [0, 0.05) is 4.57 Å². The van der Waals surface area contributed by atoms with Crippen molar-refractivity contribution in [2.45, 2.75) is 73.0 Å². The topological polar surface area (TPSA) is 104 Å². The summed E-state index contributed by atoms with van der Waals surface area (Å²) in [6.45, 7) is 6.45. The molecular weight excluding hydrogens is 471 g/mol. The molecule has 2 aromatic rings. The second kappa shape index (κ2) is 10.5. The van der Waals surface area contributed by atoms with Crippen LogP contribution >= 0.6 is 8.25 Å². The normalized spacial score (nSPS) is 13.1. The van der Waals surface area contributed by atoms with E-state index in [-0.39, 0.29) is 35.5 Å². The molecule has 176 valence electrons. The molecule has 0 atom stereocenters. The standard InChI is InChI=1S/C22H30O7PS2/c1-5-21(6-2,31(24,25)19-15-11-9-12-16-19)28-30(23)29-22(7-3,8-4)32(26,27)20-17-13-10-14-18-20/h9-18H,5-8H2,1-4H3/q+1. The van der Waals surface area contributed by atoms with Crippen molar-refractivity contribution in [2.24, 2.45) is 0 Å². The van der Waals surface area contributed by atoms with Crippen LogP contribution in [0.2, 0.25) is 0 Å². The lowest BCUT2D eigenvalue weighted by Crippen LogP contribution is -2.41. The monoisotopic (exact) mass is 501 g/mol. The van der Waals surface area contributed by atoms with Crippen LogP contribution in [0.15, 0.2) is 70.5 Å². The third-order valence-electron chi connectivity index (χ3n) is 5.72. The highest BCUT2D eigenvalue weighted by Crippen LogP contribution is 2.47. The second-order valence-corrected chi connectivity index (χ2v) is 12.5. The molecule has 2 aromatic carbocycles. The summed E-state index contributed by atoms with van der Waals surface area (Å²) in [6.07, 6.45) is 0.00733. The zero-order valence-corrected chi connectivity index (χ0v) is 21.3. The quantitative estimate of drug-likeness (QED) is 0.346. The third-order valence-corrected chi connectivity index (χ3v) is 12.0. The summed E-state index contributed by atoms with van der Waals surface area (Å²) >= 11 is 0. The predicted octanol–water partition coefficient (Wildman–Crippen LogP) is 5.66. The molecule has 0 bridgehead atoms. The number of hydrogen-bond donors (Lipinski definition) is 0. The summed E-state index contributed by atoms with van der Waals surface area (Å²) in [5, 5.41) is 0. The minimum absolute atomic E-state index is 0.00183. The van der Waals surface area contributed by atoms with Gasteiger partial charge in [-0.1, -0.05) is 73.1 Å². The minimum atomic E-state index is -4.05. The number of benzene rings is 2. The molecule has 32 heavy (non-hydrogen) atoms. The van der Waals surface area contributed by atoms with Crippen LogP contribution in [-0.2, 0) is 33.3 Å². The van der Waals surface area contributed by atoms with Crippen molar-refractivity contribution in [1.82, 2.24) is 0 Å². The van der Waals surface area contributed by atoms with Crippen molar-refractivity contribution in [3.63, 3.8) is 0 Å². The van der Waals surface area contributed by atoms with E-state index in [1.807, 2.05) is 0 Å². The van der Waals surface area contributed by atoms with E-state index in [2.05, 4.69) is 0 Å². The fraction of sp³-hybridized carbons (Fsp3) is 0.455. The van der Waals surface area contributed by atoms with Gasteiger partial charge in [0.15, 0.2) is 0 Å². The lowest BCUT2D eigenvalue weighted by molar-refractivity contribution is 0.0772. The van der Waals surface area contributed by atoms with Crippen molar-refractivity contribution >= 4 is 27.9 Å². The van der Waals surface area contributed by atoms with E-state index in [1.54, 1.807) is 64.1 Å². The molecule has 0 aliphatic carbocycles. The first-order chi connectivity index (χ1) is 15.1. The van der Waals surface area contributed by atoms with Crippen molar-refractivity contribution in [2.75, 3.05) is 0 Å². The molecule has 10 heteroatoms. The largest absolute Gasteiger partial charge is 0.700 e. The highest BCUT2D eigenvalue weighted by Gasteiger charge is 2.56. The van der Waals surface area contributed by atoms with Crippen molar-refractivity contribution in [3.05, 3.63) is 60.7 Å². The van der Waals surface area contributed by atoms with Crippen molar-refractivity contribution in [1.29, 1.82) is 0 Å². The highest BCUT2D eigenvalue weighted by atomic mass is 32.2. The van der Waals surface area contributed by atoms with E-state index < -0.39 is 37.8 Å². The molecular formula is C22H30O7PS2+. The van der Waals surface area contributed by atoms with Gasteiger partial charge in [0.1, 0.15) is 0 Å². The van der Waals surface area contributed by atoms with E-state index in [0.717, 1.165) is 0 Å². The van der Waals surface area contributed by atoms with Crippen LogP contribution in [0.3, 0.4) is 0 Å². The summed E-state index contributed by atoms with van der Waals surface area (Å²) < 4.78 is 77.6. The van der Waals surface area contributed by atoms with Gasteiger partial charge in [-0.15, -0.1) is 0 Å². The molecule has 0 amide bonds. The van der Waals surface area contributed by atoms with Gasteiger partial charge >= 0.3 is 8.25 Å². The maximum atomic E-state index is 13.3. The first-order valence-corrected chi connectivity index (χ1v) is 14.6. The molecule has 0 saturated heterocycles. The molecule has 0 aliphatic heterocycles. The van der Waals surface area contributed by atoms with E-state index in [4.69, 9.17) is 9.05 Å². The van der Waals surface area contributed by atoms with Crippen LogP contribution in [0.25, 0.3) is 0 Å². The van der Waals surface area contributed by atoms with Gasteiger partial charge in [-0.25, -0.2) is 16.8 Å². The molecule has 0 spiro atoms. The Kier molecular flexibility index (Phi) is 8.76. The van der Waals surface area contributed by atoms with Crippen molar-refractivity contribution < 1.29 is 30.4 Å². The zero-order chi connectivity index (χ0) is 24.0. The molecule has 0 saturated carbocycles. The Morgan fingerprint density at radius 3 is 1.16 bits per heavy atom. The van der Waals surface area contributed by atoms with Crippen LogP contribution in [-0.4, -0.2) is 26.7 Å². The molecule has 0 N–H and O–H groups in total. The van der Waals surface area contributed by atoms with E-state index >= 15 is 0 Å². The first kappa shape index (κ1) is 26.6. The number of rotatable bonds is 12. The third kappa shape index (κ3) is 4.82. The summed E-state index contributed by atoms with van der Waals surface area (Å²) in [4.78, 5) is -3.60. The zero-order valence-electron chi connectivity index (χ0n) is 18.7. The Morgan fingerprint density at radius 1 is 0.625 bits per heavy atom. The summed E-state index contributed by atoms with van der Waals surface area (Å²) in [5.41, 5.74) is 0. The SMILES string of the molecule is CCC(CC)(O[P+](=O)OC(CC)(CC)S(=O)(=O)c1ccccc1)S(=O)(=O)c1ccccc1. The fourth-order valence-corrected chi connectivity index (χ4v) is 9.19. The first-order valence-electron chi connectivity index (χ1n) is 10.5. The smallest absolute Gasteiger partial charge is 0.220 e. The lowest BCUT2D eigenvalue weighted by Gasteiger charge is -2.28. The molecule has 0 fully saturated rings. The van der Waals surface area contributed by atoms with Crippen LogP contribution < -0.4 is 0 Å². The maximum Gasteiger partial charge on any atom is 0.700 e. The van der Waals surface area contributed by atoms with Gasteiger partial charge in [0.25, 0.3) is 0 Å². The van der Waals surface area contributed by atoms with E-state index in [0.29, 0.717) is 0 Å². The molecule has 0 aromatic heterocycles. The van der Waals surface area contributed by atoms with Gasteiger partial charge in [-0.2, -0.15) is 0 Å². The highest BCUT2D eigenvalue weighted by molar-refractivity contribution is 7.93. The summed E-state index contributed by atoms with van der Waals surface area (Å²) in [5.74, 6) is 0. The Bertz CT molecular complexity index is 1020. The maximum absolute atomic E-state index is 13.3. The minimum Gasteiger partial charge on any atom is -0.220 e. The average molecular weight is 502 g/mol. The van der Waals surface area contributed by atoms with Crippen LogP contribution in [0, 0.1) is 0 Å². The van der Waals surface area contributed by atoms with Gasteiger partial charge in [-0.05, 0) is 49.9 Å². The number of hydrogen-bond acceptors (Lipinski definition) is 7. The summed E-state index contributed by atoms with van der Waals surface area (Å²) in [7, 11) is -11.2. The molecule has 0 radical (unpaired) electrons. The molecule has 0 unspecified atom stereocenters. The van der Waals surface area contributed by atoms with Crippen LogP contribution in [0.1, 0.15) is 53.4 Å². The Hall–Kier alpha value is -1.64. The van der Waals surface area contributed by atoms with E-state index in [9.17, 15) is 21.4 Å². The second-order valence-electron chi connectivity index (χ2n) is 7.27. The fourth-order valence-electron chi connectivity index (χ4n) is 3.54. The molecule has 7 nitrogen and oxygen atoms in total. The van der Waals surface area contributed by atoms with Gasteiger partial charge < -0.3 is 0 Å². The Morgan fingerprint density at radius 2 is 0.906 bits per heavy atom. The van der Waals surface area contributed by atoms with E-state index in [1.165, 1.54) is 24.3 Å². The average Bonchev–Trinajstić information content (AvgIpc) is 2.81. The number of sulfone groups is 2. The Balaban J connectivity index is 2.44. The molecule has 0 aliphatic rings. The van der Waals surface area contributed by atoms with Crippen LogP contribution in [0.4, 0.5) is 0 Å². The van der Waals surface area contributed by atoms with Crippen LogP contribution in [0.5, 0.6) is 0 Å². The van der Waals surface area contributed by atoms with Gasteiger partial charge in [0.05, 0.1) is 9.79 Å². The predicted molar refractivity (Wildman–Crippen MR) is 124 cm³/mol. The van der Waals surface area contributed by atoms with Gasteiger partial charge in [-0.3, -0.25) is 0 Å². The summed E-state index contributed by atoms with van der Waals surface area (Å²) in [6, 6.07) is 15.5. The lowest BCUT2D eigenvalue weighted by atomic mass is 10.2. The molecule has 0 heterocycles. The van der Waals surface area contributed by atoms with Crippen molar-refractivity contribution in [3.8, 4) is 0 Å². The van der Waals surface area contributed by atoms with Gasteiger partial charge in [0.2, 0.25) is 29.5 Å². The molecule has 2 rings (SSSR count). The Labute approximate surface area is 191 Å².